The number of halogens is 1. The van der Waals surface area contributed by atoms with E-state index in [1.54, 1.807) is 4.90 Å². The average molecular weight is 431 g/mol. The topological polar surface area (TPSA) is 82.6 Å². The van der Waals surface area contributed by atoms with Gasteiger partial charge in [-0.1, -0.05) is 23.7 Å². The molecule has 0 aliphatic carbocycles. The monoisotopic (exact) mass is 430 g/mol. The second kappa shape index (κ2) is 8.53. The van der Waals surface area contributed by atoms with Crippen molar-refractivity contribution >= 4 is 17.5 Å². The number of amides is 1. The van der Waals surface area contributed by atoms with E-state index in [0.29, 0.717) is 42.3 Å². The second-order valence-electron chi connectivity index (χ2n) is 8.34. The van der Waals surface area contributed by atoms with Crippen molar-refractivity contribution in [2.75, 3.05) is 26.4 Å². The molecule has 1 amide bonds. The first-order valence-electron chi connectivity index (χ1n) is 10.4. The summed E-state index contributed by atoms with van der Waals surface area (Å²) in [6.07, 6.45) is 1.55. The molecule has 2 aliphatic rings. The summed E-state index contributed by atoms with van der Waals surface area (Å²) in [6, 6.07) is 5.81. The highest BCUT2D eigenvalue weighted by Gasteiger charge is 2.33. The molecule has 2 aromatic rings. The maximum atomic E-state index is 13.4. The van der Waals surface area contributed by atoms with Gasteiger partial charge in [0.15, 0.2) is 0 Å². The van der Waals surface area contributed by atoms with Crippen LogP contribution in [0.2, 0.25) is 5.02 Å². The number of carbonyl (C=O) groups is 1. The Labute approximate surface area is 180 Å². The molecule has 0 spiro atoms. The molecule has 6 nitrogen and oxygen atoms in total. The van der Waals surface area contributed by atoms with Gasteiger partial charge in [0.25, 0.3) is 11.5 Å². The SMILES string of the molecule is Cc1cc(C)c(CN2CCc3ccc(C(CO)C4CCOC4)c(Cl)c3C2=O)c(=O)[nH]1. The molecule has 0 radical (unpaired) electrons. The number of rotatable bonds is 5. The number of ether oxygens (including phenoxy) is 1. The molecule has 1 saturated heterocycles. The fraction of sp³-hybridized carbons (Fsp3) is 0.478. The van der Waals surface area contributed by atoms with Gasteiger partial charge in [-0.2, -0.15) is 0 Å². The Balaban J connectivity index is 1.66. The normalized spacial score (nSPS) is 19.8. The number of H-pyrrole nitrogens is 1. The Morgan fingerprint density at radius 1 is 1.33 bits per heavy atom. The average Bonchev–Trinajstić information content (AvgIpc) is 3.22. The number of aliphatic hydroxyl groups excluding tert-OH is 1. The van der Waals surface area contributed by atoms with Crippen molar-refractivity contribution in [1.29, 1.82) is 0 Å². The number of hydrogen-bond acceptors (Lipinski definition) is 4. The van der Waals surface area contributed by atoms with Gasteiger partial charge in [-0.3, -0.25) is 9.59 Å². The zero-order valence-electron chi connectivity index (χ0n) is 17.3. The lowest BCUT2D eigenvalue weighted by molar-refractivity contribution is 0.0726. The number of aryl methyl sites for hydroxylation is 2. The van der Waals surface area contributed by atoms with E-state index >= 15 is 0 Å². The highest BCUT2D eigenvalue weighted by Crippen LogP contribution is 2.38. The first-order chi connectivity index (χ1) is 14.4. The van der Waals surface area contributed by atoms with E-state index in [9.17, 15) is 14.7 Å². The van der Waals surface area contributed by atoms with Crippen molar-refractivity contribution in [3.8, 4) is 0 Å². The van der Waals surface area contributed by atoms with Crippen LogP contribution in [0.15, 0.2) is 23.0 Å². The van der Waals surface area contributed by atoms with Crippen LogP contribution >= 0.6 is 11.6 Å². The number of aromatic amines is 1. The highest BCUT2D eigenvalue weighted by atomic mass is 35.5. The van der Waals surface area contributed by atoms with Crippen LogP contribution in [0, 0.1) is 19.8 Å². The number of carbonyl (C=O) groups excluding carboxylic acids is 1. The minimum atomic E-state index is -0.165. The van der Waals surface area contributed by atoms with Gasteiger partial charge in [-0.15, -0.1) is 0 Å². The lowest BCUT2D eigenvalue weighted by Crippen LogP contribution is -2.39. The van der Waals surface area contributed by atoms with E-state index in [0.717, 1.165) is 28.8 Å². The predicted octanol–water partition coefficient (Wildman–Crippen LogP) is 2.96. The molecule has 7 heteroatoms. The number of pyridine rings is 1. The van der Waals surface area contributed by atoms with Crippen molar-refractivity contribution in [2.45, 2.75) is 39.2 Å². The highest BCUT2D eigenvalue weighted by molar-refractivity contribution is 6.35. The van der Waals surface area contributed by atoms with Crippen LogP contribution in [0.4, 0.5) is 0 Å². The summed E-state index contributed by atoms with van der Waals surface area (Å²) >= 11 is 6.76. The van der Waals surface area contributed by atoms with Gasteiger partial charge in [0.1, 0.15) is 0 Å². The molecular weight excluding hydrogens is 404 g/mol. The molecule has 1 aromatic heterocycles. The lowest BCUT2D eigenvalue weighted by atomic mass is 9.83. The Morgan fingerprint density at radius 3 is 2.80 bits per heavy atom. The molecule has 2 atom stereocenters. The van der Waals surface area contributed by atoms with Crippen molar-refractivity contribution in [2.24, 2.45) is 5.92 Å². The number of aromatic nitrogens is 1. The summed E-state index contributed by atoms with van der Waals surface area (Å²) in [5.74, 6) is -0.133. The minimum Gasteiger partial charge on any atom is -0.396 e. The van der Waals surface area contributed by atoms with Crippen molar-refractivity contribution in [3.63, 3.8) is 0 Å². The van der Waals surface area contributed by atoms with Crippen molar-refractivity contribution < 1.29 is 14.6 Å². The Morgan fingerprint density at radius 2 is 2.13 bits per heavy atom. The van der Waals surface area contributed by atoms with E-state index in [2.05, 4.69) is 4.98 Å². The van der Waals surface area contributed by atoms with E-state index in [1.165, 1.54) is 0 Å². The summed E-state index contributed by atoms with van der Waals surface area (Å²) in [6.45, 7) is 5.75. The molecule has 160 valence electrons. The van der Waals surface area contributed by atoms with Crippen LogP contribution in [0.3, 0.4) is 0 Å². The van der Waals surface area contributed by atoms with Gasteiger partial charge in [0.2, 0.25) is 0 Å². The van der Waals surface area contributed by atoms with Gasteiger partial charge in [-0.05, 0) is 55.4 Å². The summed E-state index contributed by atoms with van der Waals surface area (Å²) in [5.41, 5.74) is 4.32. The van der Waals surface area contributed by atoms with Crippen LogP contribution in [0.1, 0.15) is 50.6 Å². The summed E-state index contributed by atoms with van der Waals surface area (Å²) < 4.78 is 5.49. The minimum absolute atomic E-state index is 0.0393. The van der Waals surface area contributed by atoms with Crippen LogP contribution in [-0.2, 0) is 17.7 Å². The van der Waals surface area contributed by atoms with Crippen LogP contribution in [-0.4, -0.2) is 47.3 Å². The van der Waals surface area contributed by atoms with E-state index in [1.807, 2.05) is 32.0 Å². The zero-order chi connectivity index (χ0) is 21.4. The summed E-state index contributed by atoms with van der Waals surface area (Å²) in [7, 11) is 0. The standard InChI is InChI=1S/C23H27ClN2O4/c1-13-9-14(2)25-22(28)18(13)10-26-7-5-15-3-4-17(21(24)20(15)23(26)29)19(11-27)16-6-8-30-12-16/h3-4,9,16,19,27H,5-8,10-12H2,1-2H3,(H,25,28). The van der Waals surface area contributed by atoms with Crippen LogP contribution in [0.25, 0.3) is 0 Å². The number of hydrogen-bond donors (Lipinski definition) is 2. The number of nitrogens with one attached hydrogen (secondary N) is 1. The van der Waals surface area contributed by atoms with Gasteiger partial charge >= 0.3 is 0 Å². The molecule has 3 heterocycles. The van der Waals surface area contributed by atoms with Gasteiger partial charge in [0, 0.05) is 30.3 Å². The Bertz CT molecular complexity index is 1030. The predicted molar refractivity (Wildman–Crippen MR) is 115 cm³/mol. The smallest absolute Gasteiger partial charge is 0.255 e. The van der Waals surface area contributed by atoms with E-state index < -0.39 is 0 Å². The van der Waals surface area contributed by atoms with E-state index in [-0.39, 0.29) is 36.5 Å². The molecule has 30 heavy (non-hydrogen) atoms. The van der Waals surface area contributed by atoms with Crippen molar-refractivity contribution in [1.82, 2.24) is 9.88 Å². The quantitative estimate of drug-likeness (QED) is 0.764. The van der Waals surface area contributed by atoms with Gasteiger partial charge < -0.3 is 19.7 Å². The third-order valence-corrected chi connectivity index (χ3v) is 6.79. The number of aliphatic hydroxyl groups is 1. The number of nitrogens with zero attached hydrogens (tertiary/aromatic N) is 1. The summed E-state index contributed by atoms with van der Waals surface area (Å²) in [5, 5.41) is 10.4. The Kier molecular flexibility index (Phi) is 6.00. The molecule has 1 aromatic carbocycles. The molecule has 0 bridgehead atoms. The Hall–Kier alpha value is -2.15. The largest absolute Gasteiger partial charge is 0.396 e. The second-order valence-corrected chi connectivity index (χ2v) is 8.71. The van der Waals surface area contributed by atoms with Crippen LogP contribution < -0.4 is 5.56 Å². The van der Waals surface area contributed by atoms with E-state index in [4.69, 9.17) is 16.3 Å². The molecule has 4 rings (SSSR count). The van der Waals surface area contributed by atoms with Gasteiger partial charge in [0.05, 0.1) is 30.3 Å². The fourth-order valence-corrected chi connectivity index (χ4v) is 5.07. The maximum absolute atomic E-state index is 13.4. The first-order valence-corrected chi connectivity index (χ1v) is 10.8. The molecule has 1 fully saturated rings. The summed E-state index contributed by atoms with van der Waals surface area (Å²) in [4.78, 5) is 30.3. The molecule has 2 unspecified atom stereocenters. The van der Waals surface area contributed by atoms with Gasteiger partial charge in [-0.25, -0.2) is 0 Å². The molecule has 0 saturated carbocycles. The third kappa shape index (κ3) is 3.80. The first kappa shape index (κ1) is 21.1. The molecule has 2 aliphatic heterocycles. The number of benzene rings is 1. The van der Waals surface area contributed by atoms with Crippen LogP contribution in [0.5, 0.6) is 0 Å². The maximum Gasteiger partial charge on any atom is 0.255 e. The fourth-order valence-electron chi connectivity index (χ4n) is 4.66. The molecular formula is C23H27ClN2O4. The zero-order valence-corrected chi connectivity index (χ0v) is 18.1. The molecule has 2 N–H and O–H groups in total. The number of fused-ring (bicyclic) bond motifs is 1. The van der Waals surface area contributed by atoms with Crippen molar-refractivity contribution in [3.05, 3.63) is 67.1 Å². The lowest BCUT2D eigenvalue weighted by Gasteiger charge is -2.31. The third-order valence-electron chi connectivity index (χ3n) is 6.38.